The first kappa shape index (κ1) is 23.8. The Hall–Kier alpha value is -2.87. The predicted molar refractivity (Wildman–Crippen MR) is 129 cm³/mol. The van der Waals surface area contributed by atoms with Crippen molar-refractivity contribution in [3.63, 3.8) is 0 Å². The van der Waals surface area contributed by atoms with Crippen LogP contribution in [0.1, 0.15) is 16.7 Å². The molecule has 3 aromatic carbocycles. The number of benzene rings is 3. The van der Waals surface area contributed by atoms with Crippen LogP contribution in [0, 0.1) is 13.8 Å². The third kappa shape index (κ3) is 5.48. The maximum Gasteiger partial charge on any atom is 0.264 e. The van der Waals surface area contributed by atoms with Crippen molar-refractivity contribution in [1.82, 2.24) is 5.43 Å². The Morgan fingerprint density at radius 2 is 1.72 bits per heavy atom. The van der Waals surface area contributed by atoms with Crippen LogP contribution in [0.15, 0.2) is 76.7 Å². The standard InChI is InChI=1S/C23H21Cl2N3O3S/c1-16-7-6-10-22(17(16)2)28(32(30,31)19-8-4-3-5-9-19)15-23(29)27-26-14-18-11-12-20(24)21(25)13-18/h3-14H,15H2,1-2H3,(H,27,29)/b26-14-. The van der Waals surface area contributed by atoms with E-state index in [9.17, 15) is 13.2 Å². The molecule has 1 N–H and O–H groups in total. The van der Waals surface area contributed by atoms with E-state index in [4.69, 9.17) is 23.2 Å². The molecule has 0 aliphatic rings. The molecule has 1 amide bonds. The number of nitrogens with one attached hydrogen (secondary N) is 1. The van der Waals surface area contributed by atoms with Gasteiger partial charge in [0.2, 0.25) is 0 Å². The molecule has 0 atom stereocenters. The molecule has 166 valence electrons. The Morgan fingerprint density at radius 3 is 2.41 bits per heavy atom. The van der Waals surface area contributed by atoms with Crippen molar-refractivity contribution in [3.8, 4) is 0 Å². The summed E-state index contributed by atoms with van der Waals surface area (Å²) < 4.78 is 27.8. The van der Waals surface area contributed by atoms with Gasteiger partial charge in [-0.3, -0.25) is 9.10 Å². The van der Waals surface area contributed by atoms with E-state index in [2.05, 4.69) is 10.5 Å². The van der Waals surface area contributed by atoms with Gasteiger partial charge in [-0.1, -0.05) is 59.6 Å². The first-order valence-corrected chi connectivity index (χ1v) is 11.8. The van der Waals surface area contributed by atoms with E-state index < -0.39 is 22.5 Å². The molecule has 0 heterocycles. The second-order valence-corrected chi connectivity index (χ2v) is 9.69. The van der Waals surface area contributed by atoms with E-state index in [0.717, 1.165) is 15.4 Å². The number of sulfonamides is 1. The second-order valence-electron chi connectivity index (χ2n) is 7.01. The highest BCUT2D eigenvalue weighted by molar-refractivity contribution is 7.92. The molecule has 0 radical (unpaired) electrons. The zero-order chi connectivity index (χ0) is 23.3. The average molecular weight is 490 g/mol. The van der Waals surface area contributed by atoms with Gasteiger partial charge in [-0.2, -0.15) is 5.10 Å². The fourth-order valence-electron chi connectivity index (χ4n) is 2.96. The fourth-order valence-corrected chi connectivity index (χ4v) is 4.77. The molecular formula is C23H21Cl2N3O3S. The molecule has 0 spiro atoms. The van der Waals surface area contributed by atoms with Crippen molar-refractivity contribution in [2.75, 3.05) is 10.8 Å². The molecule has 0 unspecified atom stereocenters. The Bertz CT molecular complexity index is 1260. The van der Waals surface area contributed by atoms with Crippen LogP contribution in [0.3, 0.4) is 0 Å². The Kier molecular flexibility index (Phi) is 7.56. The molecule has 0 saturated carbocycles. The van der Waals surface area contributed by atoms with E-state index in [1.807, 2.05) is 19.9 Å². The van der Waals surface area contributed by atoms with Gasteiger partial charge in [0.25, 0.3) is 15.9 Å². The van der Waals surface area contributed by atoms with Crippen molar-refractivity contribution in [2.45, 2.75) is 18.7 Å². The number of nitrogens with zero attached hydrogens (tertiary/aromatic N) is 2. The van der Waals surface area contributed by atoms with Gasteiger partial charge in [0, 0.05) is 0 Å². The molecule has 0 aliphatic carbocycles. The van der Waals surface area contributed by atoms with Crippen LogP contribution in [0.4, 0.5) is 5.69 Å². The van der Waals surface area contributed by atoms with Gasteiger partial charge >= 0.3 is 0 Å². The third-order valence-electron chi connectivity index (χ3n) is 4.81. The molecular weight excluding hydrogens is 469 g/mol. The zero-order valence-electron chi connectivity index (χ0n) is 17.4. The van der Waals surface area contributed by atoms with E-state index in [1.165, 1.54) is 18.3 Å². The molecule has 6 nitrogen and oxygen atoms in total. The minimum Gasteiger partial charge on any atom is -0.271 e. The summed E-state index contributed by atoms with van der Waals surface area (Å²) in [5.74, 6) is -0.596. The number of anilines is 1. The molecule has 0 saturated heterocycles. The van der Waals surface area contributed by atoms with Gasteiger partial charge in [-0.25, -0.2) is 13.8 Å². The average Bonchev–Trinajstić information content (AvgIpc) is 2.77. The molecule has 0 aliphatic heterocycles. The number of carbonyl (C=O) groups is 1. The lowest BCUT2D eigenvalue weighted by Crippen LogP contribution is -2.40. The Balaban J connectivity index is 1.87. The van der Waals surface area contributed by atoms with Crippen LogP contribution in [-0.2, 0) is 14.8 Å². The van der Waals surface area contributed by atoms with Crippen LogP contribution < -0.4 is 9.73 Å². The number of amides is 1. The van der Waals surface area contributed by atoms with Crippen LogP contribution >= 0.6 is 23.2 Å². The lowest BCUT2D eigenvalue weighted by molar-refractivity contribution is -0.119. The third-order valence-corrected chi connectivity index (χ3v) is 7.32. The summed E-state index contributed by atoms with van der Waals surface area (Å²) in [6.45, 7) is 3.26. The minimum absolute atomic E-state index is 0.0908. The van der Waals surface area contributed by atoms with Crippen LogP contribution in [0.25, 0.3) is 0 Å². The highest BCUT2D eigenvalue weighted by Gasteiger charge is 2.28. The summed E-state index contributed by atoms with van der Waals surface area (Å²) in [5.41, 5.74) is 5.10. The summed E-state index contributed by atoms with van der Waals surface area (Å²) in [5, 5.41) is 4.67. The maximum atomic E-state index is 13.4. The van der Waals surface area contributed by atoms with Gasteiger partial charge in [-0.15, -0.1) is 0 Å². The number of halogens is 2. The number of rotatable bonds is 7. The molecule has 3 rings (SSSR count). The highest BCUT2D eigenvalue weighted by Crippen LogP contribution is 2.28. The first-order valence-electron chi connectivity index (χ1n) is 9.61. The van der Waals surface area contributed by atoms with Crippen molar-refractivity contribution in [3.05, 3.63) is 93.5 Å². The molecule has 9 heteroatoms. The van der Waals surface area contributed by atoms with Gasteiger partial charge in [0.15, 0.2) is 0 Å². The van der Waals surface area contributed by atoms with E-state index >= 15 is 0 Å². The topological polar surface area (TPSA) is 78.8 Å². The summed E-state index contributed by atoms with van der Waals surface area (Å²) in [4.78, 5) is 12.7. The number of hydrogen-bond acceptors (Lipinski definition) is 4. The summed E-state index contributed by atoms with van der Waals surface area (Å²) in [6, 6.07) is 18.2. The van der Waals surface area contributed by atoms with Crippen LogP contribution in [0.2, 0.25) is 10.0 Å². The summed E-state index contributed by atoms with van der Waals surface area (Å²) >= 11 is 11.9. The molecule has 0 aromatic heterocycles. The lowest BCUT2D eigenvalue weighted by Gasteiger charge is -2.26. The number of carbonyl (C=O) groups excluding carboxylic acids is 1. The minimum atomic E-state index is -3.99. The van der Waals surface area contributed by atoms with E-state index in [-0.39, 0.29) is 4.90 Å². The Morgan fingerprint density at radius 1 is 1.00 bits per heavy atom. The van der Waals surface area contributed by atoms with Crippen molar-refractivity contribution in [1.29, 1.82) is 0 Å². The highest BCUT2D eigenvalue weighted by atomic mass is 35.5. The lowest BCUT2D eigenvalue weighted by atomic mass is 10.1. The molecule has 32 heavy (non-hydrogen) atoms. The molecule has 0 fully saturated rings. The number of hydrazone groups is 1. The smallest absolute Gasteiger partial charge is 0.264 e. The number of aryl methyl sites for hydroxylation is 1. The van der Waals surface area contributed by atoms with Crippen LogP contribution in [0.5, 0.6) is 0 Å². The van der Waals surface area contributed by atoms with E-state index in [0.29, 0.717) is 21.3 Å². The maximum absolute atomic E-state index is 13.4. The quantitative estimate of drug-likeness (QED) is 0.376. The first-order chi connectivity index (χ1) is 15.2. The zero-order valence-corrected chi connectivity index (χ0v) is 19.7. The van der Waals surface area contributed by atoms with Crippen molar-refractivity contribution in [2.24, 2.45) is 5.10 Å². The van der Waals surface area contributed by atoms with Gasteiger partial charge in [0.1, 0.15) is 6.54 Å². The molecule has 3 aromatic rings. The summed E-state index contributed by atoms with van der Waals surface area (Å²) in [7, 11) is -3.99. The van der Waals surface area contributed by atoms with E-state index in [1.54, 1.807) is 48.5 Å². The number of hydrogen-bond donors (Lipinski definition) is 1. The van der Waals surface area contributed by atoms with Gasteiger partial charge in [-0.05, 0) is 60.9 Å². The normalized spacial score (nSPS) is 11.5. The SMILES string of the molecule is Cc1cccc(N(CC(=O)N/N=C\c2ccc(Cl)c(Cl)c2)S(=O)(=O)c2ccccc2)c1C. The Labute approximate surface area is 197 Å². The van der Waals surface area contributed by atoms with Crippen molar-refractivity contribution < 1.29 is 13.2 Å². The largest absolute Gasteiger partial charge is 0.271 e. The summed E-state index contributed by atoms with van der Waals surface area (Å²) in [6.07, 6.45) is 1.40. The van der Waals surface area contributed by atoms with Crippen LogP contribution in [-0.4, -0.2) is 27.1 Å². The monoisotopic (exact) mass is 489 g/mol. The molecule has 0 bridgehead atoms. The predicted octanol–water partition coefficient (Wildman–Crippen LogP) is 4.96. The second kappa shape index (κ2) is 10.2. The fraction of sp³-hybridized carbons (Fsp3) is 0.130. The van der Waals surface area contributed by atoms with Gasteiger partial charge < -0.3 is 0 Å². The van der Waals surface area contributed by atoms with Crippen molar-refractivity contribution >= 4 is 51.0 Å². The van der Waals surface area contributed by atoms with Gasteiger partial charge in [0.05, 0.1) is 26.8 Å².